The number of urea groups is 1. The van der Waals surface area contributed by atoms with Crippen LogP contribution in [0, 0.1) is 5.82 Å². The Labute approximate surface area is 118 Å². The molecule has 7 heteroatoms. The van der Waals surface area contributed by atoms with Crippen LogP contribution in [0.5, 0.6) is 5.75 Å². The average molecular weight is 296 g/mol. The average Bonchev–Trinajstić information content (AvgIpc) is 2.43. The molecule has 0 bridgehead atoms. The lowest BCUT2D eigenvalue weighted by atomic mass is 10.3. The molecule has 2 N–H and O–H groups in total. The molecule has 0 aliphatic rings. The first-order valence-corrected chi connectivity index (χ1v) is 5.92. The molecule has 0 fully saturated rings. The molecule has 0 spiro atoms. The first kappa shape index (κ1) is 14.7. The SMILES string of the molecule is O=C(Nc1ccc(OC(F)F)cc1)Nc1ccccc1F. The Bertz CT molecular complexity index is 618. The molecular formula is C14H11F3N2O2. The normalized spacial score (nSPS) is 10.3. The van der Waals surface area contributed by atoms with Crippen LogP contribution in [0.15, 0.2) is 48.5 Å². The van der Waals surface area contributed by atoms with Crippen LogP contribution in [0.2, 0.25) is 0 Å². The Morgan fingerprint density at radius 3 is 2.29 bits per heavy atom. The van der Waals surface area contributed by atoms with Gasteiger partial charge in [-0.15, -0.1) is 0 Å². The molecular weight excluding hydrogens is 285 g/mol. The highest BCUT2D eigenvalue weighted by Gasteiger charge is 2.07. The summed E-state index contributed by atoms with van der Waals surface area (Å²) in [4.78, 5) is 11.7. The molecule has 0 saturated heterocycles. The summed E-state index contributed by atoms with van der Waals surface area (Å²) >= 11 is 0. The topological polar surface area (TPSA) is 50.4 Å². The van der Waals surface area contributed by atoms with Gasteiger partial charge in [0.2, 0.25) is 0 Å². The number of para-hydroxylation sites is 1. The van der Waals surface area contributed by atoms with Crippen molar-refractivity contribution in [2.75, 3.05) is 10.6 Å². The molecule has 0 aromatic heterocycles. The van der Waals surface area contributed by atoms with Gasteiger partial charge in [0.1, 0.15) is 11.6 Å². The number of ether oxygens (including phenoxy) is 1. The number of amides is 2. The minimum atomic E-state index is -2.91. The van der Waals surface area contributed by atoms with Crippen LogP contribution in [0.4, 0.5) is 29.3 Å². The Hall–Kier alpha value is -2.70. The first-order chi connectivity index (χ1) is 10.0. The molecule has 0 atom stereocenters. The smallest absolute Gasteiger partial charge is 0.387 e. The van der Waals surface area contributed by atoms with Crippen molar-refractivity contribution in [3.05, 3.63) is 54.3 Å². The van der Waals surface area contributed by atoms with Crippen molar-refractivity contribution in [2.45, 2.75) is 6.61 Å². The lowest BCUT2D eigenvalue weighted by Crippen LogP contribution is -2.20. The molecule has 2 aromatic rings. The molecule has 2 amide bonds. The Balaban J connectivity index is 1.95. The number of anilines is 2. The van der Waals surface area contributed by atoms with Crippen molar-refractivity contribution in [1.82, 2.24) is 0 Å². The maximum atomic E-state index is 13.3. The van der Waals surface area contributed by atoms with Crippen molar-refractivity contribution >= 4 is 17.4 Å². The summed E-state index contributed by atoms with van der Waals surface area (Å²) in [6.07, 6.45) is 0. The highest BCUT2D eigenvalue weighted by molar-refractivity contribution is 5.99. The van der Waals surface area contributed by atoms with E-state index in [-0.39, 0.29) is 11.4 Å². The van der Waals surface area contributed by atoms with Crippen molar-refractivity contribution in [2.24, 2.45) is 0 Å². The van der Waals surface area contributed by atoms with Gasteiger partial charge in [0.05, 0.1) is 5.69 Å². The van der Waals surface area contributed by atoms with E-state index in [1.807, 2.05) is 0 Å². The van der Waals surface area contributed by atoms with E-state index in [4.69, 9.17) is 0 Å². The zero-order valence-corrected chi connectivity index (χ0v) is 10.6. The Morgan fingerprint density at radius 1 is 1.00 bits per heavy atom. The molecule has 21 heavy (non-hydrogen) atoms. The number of nitrogens with one attached hydrogen (secondary N) is 2. The summed E-state index contributed by atoms with van der Waals surface area (Å²) in [5.41, 5.74) is 0.387. The predicted octanol–water partition coefficient (Wildman–Crippen LogP) is 4.07. The summed E-state index contributed by atoms with van der Waals surface area (Å²) in [6, 6.07) is 10.4. The van der Waals surface area contributed by atoms with E-state index < -0.39 is 18.5 Å². The number of hydrogen-bond donors (Lipinski definition) is 2. The number of hydrogen-bond acceptors (Lipinski definition) is 2. The molecule has 0 heterocycles. The zero-order valence-electron chi connectivity index (χ0n) is 10.6. The van der Waals surface area contributed by atoms with E-state index in [1.54, 1.807) is 6.07 Å². The Morgan fingerprint density at radius 2 is 1.67 bits per heavy atom. The maximum Gasteiger partial charge on any atom is 0.387 e. The first-order valence-electron chi connectivity index (χ1n) is 5.92. The predicted molar refractivity (Wildman–Crippen MR) is 72.1 cm³/mol. The fourth-order valence-corrected chi connectivity index (χ4v) is 1.57. The number of carbonyl (C=O) groups is 1. The molecule has 0 saturated carbocycles. The molecule has 110 valence electrons. The molecule has 0 aliphatic carbocycles. The number of carbonyl (C=O) groups excluding carboxylic acids is 1. The molecule has 0 radical (unpaired) electrons. The van der Waals surface area contributed by atoms with Gasteiger partial charge in [-0.2, -0.15) is 8.78 Å². The number of halogens is 3. The van der Waals surface area contributed by atoms with Crippen molar-refractivity contribution in [3.8, 4) is 5.75 Å². The minimum Gasteiger partial charge on any atom is -0.435 e. The Kier molecular flexibility index (Phi) is 4.65. The second-order valence-corrected chi connectivity index (χ2v) is 3.96. The summed E-state index contributed by atoms with van der Waals surface area (Å²) in [7, 11) is 0. The third-order valence-corrected chi connectivity index (χ3v) is 2.46. The number of benzene rings is 2. The molecule has 4 nitrogen and oxygen atoms in total. The van der Waals surface area contributed by atoms with E-state index in [9.17, 15) is 18.0 Å². The maximum absolute atomic E-state index is 13.3. The molecule has 0 unspecified atom stereocenters. The largest absolute Gasteiger partial charge is 0.435 e. The van der Waals surface area contributed by atoms with Crippen LogP contribution >= 0.6 is 0 Å². The second-order valence-electron chi connectivity index (χ2n) is 3.96. The number of rotatable bonds is 4. The summed E-state index contributed by atoms with van der Waals surface area (Å²) in [5.74, 6) is -0.585. The quantitative estimate of drug-likeness (QED) is 0.893. The van der Waals surface area contributed by atoms with Gasteiger partial charge >= 0.3 is 12.6 Å². The monoisotopic (exact) mass is 296 g/mol. The fourth-order valence-electron chi connectivity index (χ4n) is 1.57. The van der Waals surface area contributed by atoms with Gasteiger partial charge in [0, 0.05) is 5.69 Å². The summed E-state index contributed by atoms with van der Waals surface area (Å²) < 4.78 is 41.5. The molecule has 2 rings (SSSR count). The molecule has 0 aliphatic heterocycles. The summed E-state index contributed by atoms with van der Waals surface area (Å²) in [6.45, 7) is -2.91. The van der Waals surface area contributed by atoms with Crippen molar-refractivity contribution < 1.29 is 22.7 Å². The van der Waals surface area contributed by atoms with E-state index in [0.717, 1.165) is 0 Å². The van der Waals surface area contributed by atoms with Crippen LogP contribution < -0.4 is 15.4 Å². The van der Waals surface area contributed by atoms with Gasteiger partial charge in [-0.3, -0.25) is 0 Å². The van der Waals surface area contributed by atoms with Gasteiger partial charge in [-0.05, 0) is 36.4 Å². The van der Waals surface area contributed by atoms with E-state index in [0.29, 0.717) is 5.69 Å². The zero-order chi connectivity index (χ0) is 15.2. The van der Waals surface area contributed by atoms with E-state index >= 15 is 0 Å². The van der Waals surface area contributed by atoms with Gasteiger partial charge < -0.3 is 15.4 Å². The van der Waals surface area contributed by atoms with Gasteiger partial charge in [0.25, 0.3) is 0 Å². The third kappa shape index (κ3) is 4.41. The standard InChI is InChI=1S/C14H11F3N2O2/c15-11-3-1-2-4-12(11)19-14(20)18-9-5-7-10(8-6-9)21-13(16)17/h1-8,13H,(H2,18,19,20). The fraction of sp³-hybridized carbons (Fsp3) is 0.0714. The van der Waals surface area contributed by atoms with Crippen molar-refractivity contribution in [3.63, 3.8) is 0 Å². The van der Waals surface area contributed by atoms with Gasteiger partial charge in [0.15, 0.2) is 0 Å². The van der Waals surface area contributed by atoms with E-state index in [1.165, 1.54) is 42.5 Å². The van der Waals surface area contributed by atoms with Crippen molar-refractivity contribution in [1.29, 1.82) is 0 Å². The van der Waals surface area contributed by atoms with Gasteiger partial charge in [-0.1, -0.05) is 12.1 Å². The lowest BCUT2D eigenvalue weighted by molar-refractivity contribution is -0.0498. The third-order valence-electron chi connectivity index (χ3n) is 2.46. The lowest BCUT2D eigenvalue weighted by Gasteiger charge is -2.09. The van der Waals surface area contributed by atoms with Crippen LogP contribution in [-0.4, -0.2) is 12.6 Å². The van der Waals surface area contributed by atoms with Crippen LogP contribution in [-0.2, 0) is 0 Å². The van der Waals surface area contributed by atoms with Crippen LogP contribution in [0.1, 0.15) is 0 Å². The van der Waals surface area contributed by atoms with E-state index in [2.05, 4.69) is 15.4 Å². The number of alkyl halides is 2. The van der Waals surface area contributed by atoms with Gasteiger partial charge in [-0.25, -0.2) is 9.18 Å². The minimum absolute atomic E-state index is 0.0231. The summed E-state index contributed by atoms with van der Waals surface area (Å²) in [5, 5.41) is 4.77. The van der Waals surface area contributed by atoms with Crippen LogP contribution in [0.25, 0.3) is 0 Å². The highest BCUT2D eigenvalue weighted by Crippen LogP contribution is 2.18. The second kappa shape index (κ2) is 6.65. The molecule has 2 aromatic carbocycles. The van der Waals surface area contributed by atoms with Crippen LogP contribution in [0.3, 0.4) is 0 Å². The highest BCUT2D eigenvalue weighted by atomic mass is 19.3.